The van der Waals surface area contributed by atoms with E-state index >= 15 is 0 Å². The van der Waals surface area contributed by atoms with Gasteiger partial charge in [0, 0.05) is 17.0 Å². The van der Waals surface area contributed by atoms with Gasteiger partial charge in [-0.3, -0.25) is 15.2 Å². The van der Waals surface area contributed by atoms with E-state index in [2.05, 4.69) is 20.5 Å². The van der Waals surface area contributed by atoms with Crippen LogP contribution >= 0.6 is 22.9 Å². The lowest BCUT2D eigenvalue weighted by molar-refractivity contribution is -0.142. The second-order valence-electron chi connectivity index (χ2n) is 5.07. The number of fused-ring (bicyclic) bond motifs is 1. The van der Waals surface area contributed by atoms with Gasteiger partial charge in [-0.25, -0.2) is 4.98 Å². The summed E-state index contributed by atoms with van der Waals surface area (Å²) in [7, 11) is 0. The molecule has 0 bridgehead atoms. The van der Waals surface area contributed by atoms with Crippen molar-refractivity contribution in [2.45, 2.75) is 13.3 Å². The van der Waals surface area contributed by atoms with E-state index in [1.807, 2.05) is 18.2 Å². The first-order valence-electron chi connectivity index (χ1n) is 7.59. The zero-order chi connectivity index (χ0) is 17.6. The number of halogens is 1. The molecule has 0 spiro atoms. The van der Waals surface area contributed by atoms with Gasteiger partial charge in [-0.1, -0.05) is 17.7 Å². The van der Waals surface area contributed by atoms with Crippen molar-refractivity contribution in [1.29, 1.82) is 0 Å². The highest BCUT2D eigenvalue weighted by Crippen LogP contribution is 2.22. The summed E-state index contributed by atoms with van der Waals surface area (Å²) in [6.07, 6.45) is 3.51. The van der Waals surface area contributed by atoms with Crippen LogP contribution in [0, 0.1) is 0 Å². The summed E-state index contributed by atoms with van der Waals surface area (Å²) in [6, 6.07) is 7.47. The lowest BCUT2D eigenvalue weighted by Crippen LogP contribution is -2.07. The number of esters is 1. The molecular formula is C17H15ClN4O2S. The molecule has 25 heavy (non-hydrogen) atoms. The standard InChI is InChI=1S/C17H15ClN4O2S/c1-2-24-16(23)8-12-10-25-17(21-12)22-20-9-11-3-4-15-13(7-11)14(18)5-6-19-15/h3-7,9-10H,2,8H2,1H3,(H,21,22). The molecule has 0 saturated heterocycles. The third-order valence-electron chi connectivity index (χ3n) is 3.27. The van der Waals surface area contributed by atoms with Gasteiger partial charge in [0.2, 0.25) is 5.13 Å². The fourth-order valence-corrected chi connectivity index (χ4v) is 3.04. The van der Waals surface area contributed by atoms with Crippen LogP contribution in [0.15, 0.2) is 40.9 Å². The van der Waals surface area contributed by atoms with E-state index < -0.39 is 0 Å². The van der Waals surface area contributed by atoms with Gasteiger partial charge < -0.3 is 4.74 Å². The molecule has 8 heteroatoms. The summed E-state index contributed by atoms with van der Waals surface area (Å²) in [5.41, 5.74) is 5.24. The number of hydrazone groups is 1. The van der Waals surface area contributed by atoms with Gasteiger partial charge in [-0.15, -0.1) is 11.3 Å². The van der Waals surface area contributed by atoms with Gasteiger partial charge in [0.25, 0.3) is 0 Å². The molecule has 128 valence electrons. The number of rotatable bonds is 6. The van der Waals surface area contributed by atoms with Crippen LogP contribution in [0.25, 0.3) is 10.9 Å². The molecule has 0 amide bonds. The molecule has 2 heterocycles. The predicted molar refractivity (Wildman–Crippen MR) is 100 cm³/mol. The molecule has 0 fully saturated rings. The number of nitrogens with zero attached hydrogens (tertiary/aromatic N) is 3. The molecule has 1 aromatic carbocycles. The minimum Gasteiger partial charge on any atom is -0.466 e. The zero-order valence-corrected chi connectivity index (χ0v) is 15.0. The first-order chi connectivity index (χ1) is 12.2. The smallest absolute Gasteiger partial charge is 0.311 e. The summed E-state index contributed by atoms with van der Waals surface area (Å²) in [4.78, 5) is 20.0. The second-order valence-corrected chi connectivity index (χ2v) is 6.33. The first kappa shape index (κ1) is 17.3. The monoisotopic (exact) mass is 374 g/mol. The van der Waals surface area contributed by atoms with E-state index in [0.29, 0.717) is 22.5 Å². The SMILES string of the molecule is CCOC(=O)Cc1csc(NN=Cc2ccc3nccc(Cl)c3c2)n1. The van der Waals surface area contributed by atoms with Crippen LogP contribution < -0.4 is 5.43 Å². The zero-order valence-electron chi connectivity index (χ0n) is 13.4. The maximum Gasteiger partial charge on any atom is 0.311 e. The Labute approximate surface area is 153 Å². The van der Waals surface area contributed by atoms with E-state index in [4.69, 9.17) is 16.3 Å². The van der Waals surface area contributed by atoms with E-state index in [-0.39, 0.29) is 12.4 Å². The first-order valence-corrected chi connectivity index (χ1v) is 8.85. The Balaban J connectivity index is 1.64. The summed E-state index contributed by atoms with van der Waals surface area (Å²) < 4.78 is 4.90. The van der Waals surface area contributed by atoms with Crippen molar-refractivity contribution in [2.24, 2.45) is 5.10 Å². The Bertz CT molecular complexity index is 926. The van der Waals surface area contributed by atoms with E-state index in [1.54, 1.807) is 30.8 Å². The molecule has 0 aliphatic carbocycles. The molecule has 6 nitrogen and oxygen atoms in total. The molecule has 1 N–H and O–H groups in total. The molecule has 0 aliphatic rings. The Kier molecular flexibility index (Phi) is 5.57. The van der Waals surface area contributed by atoms with Crippen LogP contribution in [0.1, 0.15) is 18.2 Å². The summed E-state index contributed by atoms with van der Waals surface area (Å²) >= 11 is 7.55. The van der Waals surface area contributed by atoms with Crippen LogP contribution in [0.5, 0.6) is 0 Å². The normalized spacial score (nSPS) is 11.1. The number of hydrogen-bond donors (Lipinski definition) is 1. The van der Waals surface area contributed by atoms with Crippen molar-refractivity contribution in [1.82, 2.24) is 9.97 Å². The minimum absolute atomic E-state index is 0.159. The highest BCUT2D eigenvalue weighted by atomic mass is 35.5. The van der Waals surface area contributed by atoms with Gasteiger partial charge in [0.15, 0.2) is 0 Å². The Hall–Kier alpha value is -2.51. The van der Waals surface area contributed by atoms with Gasteiger partial charge in [-0.05, 0) is 30.7 Å². The van der Waals surface area contributed by atoms with Crippen molar-refractivity contribution in [2.75, 3.05) is 12.0 Å². The van der Waals surface area contributed by atoms with Crippen molar-refractivity contribution < 1.29 is 9.53 Å². The van der Waals surface area contributed by atoms with Crippen LogP contribution in [0.4, 0.5) is 5.13 Å². The Morgan fingerprint density at radius 3 is 3.16 bits per heavy atom. The van der Waals surface area contributed by atoms with Crippen molar-refractivity contribution in [3.8, 4) is 0 Å². The molecule has 0 aliphatic heterocycles. The molecular weight excluding hydrogens is 360 g/mol. The highest BCUT2D eigenvalue weighted by molar-refractivity contribution is 7.13. The number of nitrogens with one attached hydrogen (secondary N) is 1. The molecule has 3 rings (SSSR count). The van der Waals surface area contributed by atoms with Crippen molar-refractivity contribution in [3.63, 3.8) is 0 Å². The van der Waals surface area contributed by atoms with Gasteiger partial charge in [-0.2, -0.15) is 5.10 Å². The highest BCUT2D eigenvalue weighted by Gasteiger charge is 2.08. The number of anilines is 1. The van der Waals surface area contributed by atoms with Gasteiger partial charge in [0.05, 0.1) is 35.5 Å². The molecule has 0 unspecified atom stereocenters. The average molecular weight is 375 g/mol. The number of hydrogen-bond acceptors (Lipinski definition) is 7. The largest absolute Gasteiger partial charge is 0.466 e. The molecule has 0 radical (unpaired) electrons. The number of pyridine rings is 1. The number of ether oxygens (including phenoxy) is 1. The molecule has 0 atom stereocenters. The average Bonchev–Trinajstić information content (AvgIpc) is 3.03. The molecule has 0 saturated carbocycles. The molecule has 3 aromatic rings. The number of benzene rings is 1. The maximum absolute atomic E-state index is 11.4. The lowest BCUT2D eigenvalue weighted by Gasteiger charge is -2.01. The third-order valence-corrected chi connectivity index (χ3v) is 4.39. The second kappa shape index (κ2) is 8.04. The fraction of sp³-hybridized carbons (Fsp3) is 0.176. The van der Waals surface area contributed by atoms with Crippen LogP contribution in [0.3, 0.4) is 0 Å². The van der Waals surface area contributed by atoms with E-state index in [9.17, 15) is 4.79 Å². The minimum atomic E-state index is -0.287. The van der Waals surface area contributed by atoms with Crippen LogP contribution in [-0.2, 0) is 16.0 Å². The summed E-state index contributed by atoms with van der Waals surface area (Å²) in [5, 5.41) is 8.10. The predicted octanol–water partition coefficient (Wildman–Crippen LogP) is 3.90. The van der Waals surface area contributed by atoms with E-state index in [0.717, 1.165) is 16.5 Å². The third kappa shape index (κ3) is 4.52. The summed E-state index contributed by atoms with van der Waals surface area (Å²) in [6.45, 7) is 2.14. The van der Waals surface area contributed by atoms with Crippen molar-refractivity contribution >= 4 is 51.2 Å². The number of aromatic nitrogens is 2. The van der Waals surface area contributed by atoms with Crippen LogP contribution in [-0.4, -0.2) is 28.8 Å². The topological polar surface area (TPSA) is 76.5 Å². The Morgan fingerprint density at radius 1 is 1.44 bits per heavy atom. The quantitative estimate of drug-likeness (QED) is 0.402. The maximum atomic E-state index is 11.4. The molecule has 2 aromatic heterocycles. The van der Waals surface area contributed by atoms with Gasteiger partial charge >= 0.3 is 5.97 Å². The number of thiazole rings is 1. The van der Waals surface area contributed by atoms with E-state index in [1.165, 1.54) is 11.3 Å². The number of carbonyl (C=O) groups is 1. The van der Waals surface area contributed by atoms with Crippen molar-refractivity contribution in [3.05, 3.63) is 52.1 Å². The number of carbonyl (C=O) groups excluding carboxylic acids is 1. The lowest BCUT2D eigenvalue weighted by atomic mass is 10.1. The summed E-state index contributed by atoms with van der Waals surface area (Å²) in [5.74, 6) is -0.287. The Morgan fingerprint density at radius 2 is 2.32 bits per heavy atom. The van der Waals surface area contributed by atoms with Gasteiger partial charge in [0.1, 0.15) is 0 Å². The fourth-order valence-electron chi connectivity index (χ4n) is 2.17. The van der Waals surface area contributed by atoms with Crippen LogP contribution in [0.2, 0.25) is 5.02 Å².